The third-order valence-electron chi connectivity index (χ3n) is 4.73. The molecule has 2 aromatic rings. The van der Waals surface area contributed by atoms with Crippen LogP contribution < -0.4 is 20.7 Å². The normalized spacial score (nSPS) is 16.3. The van der Waals surface area contributed by atoms with E-state index in [0.29, 0.717) is 11.4 Å². The lowest BCUT2D eigenvalue weighted by Gasteiger charge is -2.18. The van der Waals surface area contributed by atoms with E-state index in [0.717, 1.165) is 12.1 Å². The molecule has 0 radical (unpaired) electrons. The van der Waals surface area contributed by atoms with E-state index in [1.165, 1.54) is 17.0 Å². The van der Waals surface area contributed by atoms with E-state index in [9.17, 15) is 27.6 Å². The fourth-order valence-electron chi connectivity index (χ4n) is 3.18. The minimum absolute atomic E-state index is 0.00531. The average molecular weight is 435 g/mol. The van der Waals surface area contributed by atoms with Gasteiger partial charge in [-0.1, -0.05) is 18.2 Å². The summed E-state index contributed by atoms with van der Waals surface area (Å²) in [7, 11) is 0. The third-order valence-corrected chi connectivity index (χ3v) is 4.73. The molecule has 1 aliphatic rings. The highest BCUT2D eigenvalue weighted by Crippen LogP contribution is 2.34. The number of nitrogens with two attached hydrogens (primary N) is 1. The first kappa shape index (κ1) is 22.1. The number of amides is 3. The molecule has 10 heteroatoms. The van der Waals surface area contributed by atoms with Gasteiger partial charge in [0.25, 0.3) is 0 Å². The topological polar surface area (TPSA) is 102 Å². The number of halogens is 3. The Morgan fingerprint density at radius 3 is 2.61 bits per heavy atom. The maximum absolute atomic E-state index is 13.0. The number of hydrogen-bond acceptors (Lipinski definition) is 4. The first-order valence-electron chi connectivity index (χ1n) is 9.44. The maximum Gasteiger partial charge on any atom is 0.416 e. The van der Waals surface area contributed by atoms with Gasteiger partial charge in [-0.25, -0.2) is 0 Å². The standard InChI is InChI=1S/C21H20F3N3O4/c22-21(23,24)14-4-3-5-15(11-14)27-12-13(10-19(27)29)20(30)26-16-6-1-2-7-17(16)31-9-8-18(25)28/h1-7,11,13H,8-10,12H2,(H2,25,28)(H,26,30). The number of alkyl halides is 3. The molecule has 0 spiro atoms. The monoisotopic (exact) mass is 435 g/mol. The van der Waals surface area contributed by atoms with Crippen molar-refractivity contribution in [1.82, 2.24) is 0 Å². The van der Waals surface area contributed by atoms with Gasteiger partial charge >= 0.3 is 6.18 Å². The number of hydrogen-bond donors (Lipinski definition) is 2. The van der Waals surface area contributed by atoms with Crippen LogP contribution in [0.2, 0.25) is 0 Å². The van der Waals surface area contributed by atoms with Crippen molar-refractivity contribution in [3.05, 3.63) is 54.1 Å². The smallest absolute Gasteiger partial charge is 0.416 e. The van der Waals surface area contributed by atoms with Gasteiger partial charge in [0.1, 0.15) is 5.75 Å². The molecule has 0 aromatic heterocycles. The summed E-state index contributed by atoms with van der Waals surface area (Å²) in [5.41, 5.74) is 4.65. The molecule has 3 N–H and O–H groups in total. The first-order valence-corrected chi connectivity index (χ1v) is 9.44. The first-order chi connectivity index (χ1) is 14.6. The second-order valence-electron chi connectivity index (χ2n) is 7.00. The van der Waals surface area contributed by atoms with E-state index in [1.54, 1.807) is 24.3 Å². The molecule has 1 fully saturated rings. The maximum atomic E-state index is 13.0. The number of para-hydroxylation sites is 2. The van der Waals surface area contributed by atoms with E-state index >= 15 is 0 Å². The quantitative estimate of drug-likeness (QED) is 0.698. The average Bonchev–Trinajstić information content (AvgIpc) is 3.10. The van der Waals surface area contributed by atoms with Crippen molar-refractivity contribution in [1.29, 1.82) is 0 Å². The summed E-state index contributed by atoms with van der Waals surface area (Å²) in [5, 5.41) is 2.68. The highest BCUT2D eigenvalue weighted by Gasteiger charge is 2.37. The molecule has 1 unspecified atom stereocenters. The molecule has 1 heterocycles. The fourth-order valence-corrected chi connectivity index (χ4v) is 3.18. The number of carbonyl (C=O) groups excluding carboxylic acids is 3. The zero-order valence-electron chi connectivity index (χ0n) is 16.3. The molecule has 1 aliphatic heterocycles. The van der Waals surface area contributed by atoms with E-state index in [-0.39, 0.29) is 31.7 Å². The Morgan fingerprint density at radius 2 is 1.90 bits per heavy atom. The molecule has 3 amide bonds. The van der Waals surface area contributed by atoms with E-state index < -0.39 is 35.4 Å². The lowest BCUT2D eigenvalue weighted by molar-refractivity contribution is -0.137. The third kappa shape index (κ3) is 5.53. The lowest BCUT2D eigenvalue weighted by atomic mass is 10.1. The van der Waals surface area contributed by atoms with Crippen LogP contribution in [0.15, 0.2) is 48.5 Å². The van der Waals surface area contributed by atoms with Crippen molar-refractivity contribution in [3.63, 3.8) is 0 Å². The van der Waals surface area contributed by atoms with Crippen LogP contribution >= 0.6 is 0 Å². The molecule has 31 heavy (non-hydrogen) atoms. The summed E-state index contributed by atoms with van der Waals surface area (Å²) >= 11 is 0. The molecule has 164 valence electrons. The summed E-state index contributed by atoms with van der Waals surface area (Å²) in [6.07, 6.45) is -4.66. The van der Waals surface area contributed by atoms with E-state index in [2.05, 4.69) is 5.32 Å². The number of benzene rings is 2. The Bertz CT molecular complexity index is 994. The molecular formula is C21H20F3N3O4. The van der Waals surface area contributed by atoms with Gasteiger partial charge in [0.2, 0.25) is 17.7 Å². The van der Waals surface area contributed by atoms with Crippen LogP contribution in [0.1, 0.15) is 18.4 Å². The number of rotatable bonds is 7. The SMILES string of the molecule is NC(=O)CCOc1ccccc1NC(=O)C1CC(=O)N(c2cccc(C(F)(F)F)c2)C1. The van der Waals surface area contributed by atoms with Crippen molar-refractivity contribution >= 4 is 29.1 Å². The summed E-state index contributed by atoms with van der Waals surface area (Å²) in [6.45, 7) is -0.00979. The number of ether oxygens (including phenoxy) is 1. The predicted molar refractivity (Wildman–Crippen MR) is 106 cm³/mol. The van der Waals surface area contributed by atoms with Crippen molar-refractivity contribution in [2.24, 2.45) is 11.7 Å². The van der Waals surface area contributed by atoms with Crippen LogP contribution in [0.5, 0.6) is 5.75 Å². The Kier molecular flexibility index (Phi) is 6.47. The molecule has 0 saturated carbocycles. The van der Waals surface area contributed by atoms with Gasteiger partial charge in [0.05, 0.1) is 30.2 Å². The Labute approximate surface area is 176 Å². The number of nitrogens with one attached hydrogen (secondary N) is 1. The van der Waals surface area contributed by atoms with Gasteiger partial charge in [0.15, 0.2) is 0 Å². The Morgan fingerprint density at radius 1 is 1.16 bits per heavy atom. The van der Waals surface area contributed by atoms with Crippen LogP contribution in [0.3, 0.4) is 0 Å². The van der Waals surface area contributed by atoms with Crippen molar-refractivity contribution in [2.75, 3.05) is 23.4 Å². The molecule has 0 bridgehead atoms. The summed E-state index contributed by atoms with van der Waals surface area (Å²) < 4.78 is 44.4. The number of anilines is 2. The van der Waals surface area contributed by atoms with Crippen molar-refractivity contribution in [2.45, 2.75) is 19.0 Å². The Balaban J connectivity index is 1.68. The highest BCUT2D eigenvalue weighted by molar-refractivity contribution is 6.04. The van der Waals surface area contributed by atoms with Gasteiger partial charge < -0.3 is 20.7 Å². The molecular weight excluding hydrogens is 415 g/mol. The summed E-state index contributed by atoms with van der Waals surface area (Å²) in [4.78, 5) is 37.1. The van der Waals surface area contributed by atoms with Gasteiger partial charge in [-0.2, -0.15) is 13.2 Å². The fraction of sp³-hybridized carbons (Fsp3) is 0.286. The second kappa shape index (κ2) is 9.07. The number of primary amides is 1. The molecule has 7 nitrogen and oxygen atoms in total. The van der Waals surface area contributed by atoms with Crippen LogP contribution in [0.25, 0.3) is 0 Å². The molecule has 1 saturated heterocycles. The van der Waals surface area contributed by atoms with Crippen molar-refractivity contribution < 1.29 is 32.3 Å². The second-order valence-corrected chi connectivity index (χ2v) is 7.00. The lowest BCUT2D eigenvalue weighted by Crippen LogP contribution is -2.28. The molecule has 3 rings (SSSR count). The highest BCUT2D eigenvalue weighted by atomic mass is 19.4. The van der Waals surface area contributed by atoms with Crippen LogP contribution in [-0.2, 0) is 20.6 Å². The summed E-state index contributed by atoms with van der Waals surface area (Å²) in [5.74, 6) is -1.85. The van der Waals surface area contributed by atoms with E-state index in [4.69, 9.17) is 10.5 Å². The molecule has 1 atom stereocenters. The van der Waals surface area contributed by atoms with Gasteiger partial charge in [-0.3, -0.25) is 14.4 Å². The van der Waals surface area contributed by atoms with Gasteiger partial charge in [-0.15, -0.1) is 0 Å². The number of nitrogens with zero attached hydrogens (tertiary/aromatic N) is 1. The zero-order chi connectivity index (χ0) is 22.6. The minimum atomic E-state index is -4.53. The van der Waals surface area contributed by atoms with Crippen LogP contribution in [0, 0.1) is 5.92 Å². The Hall–Kier alpha value is -3.56. The largest absolute Gasteiger partial charge is 0.491 e. The van der Waals surface area contributed by atoms with Gasteiger partial charge in [0, 0.05) is 18.7 Å². The van der Waals surface area contributed by atoms with Crippen LogP contribution in [0.4, 0.5) is 24.5 Å². The van der Waals surface area contributed by atoms with Gasteiger partial charge in [-0.05, 0) is 30.3 Å². The predicted octanol–water partition coefficient (Wildman–Crippen LogP) is 2.95. The minimum Gasteiger partial charge on any atom is -0.491 e. The zero-order valence-corrected chi connectivity index (χ0v) is 16.3. The van der Waals surface area contributed by atoms with E-state index in [1.807, 2.05) is 0 Å². The van der Waals surface area contributed by atoms with Crippen molar-refractivity contribution in [3.8, 4) is 5.75 Å². The molecule has 0 aliphatic carbocycles. The summed E-state index contributed by atoms with van der Waals surface area (Å²) in [6, 6.07) is 11.0. The molecule has 2 aromatic carbocycles. The number of carbonyl (C=O) groups is 3. The van der Waals surface area contributed by atoms with Crippen LogP contribution in [-0.4, -0.2) is 30.9 Å².